The topological polar surface area (TPSA) is 158 Å². The molecule has 5 aliphatic rings. The number of Topliss-reactive ketones (excluding diaryl/α,β-unsaturated/α-hetero) is 1. The third-order valence-corrected chi connectivity index (χ3v) is 15.2. The Hall–Kier alpha value is -4.21. The molecule has 2 aromatic rings. The number of carbonyl (C=O) groups is 4. The maximum atomic E-state index is 14.9. The van der Waals surface area contributed by atoms with E-state index in [2.05, 4.69) is 9.71 Å². The molecule has 2 aliphatic carbocycles. The lowest BCUT2D eigenvalue weighted by Gasteiger charge is -2.33. The quantitative estimate of drug-likeness (QED) is 0.234. The van der Waals surface area contributed by atoms with Crippen LogP contribution in [0.3, 0.4) is 0 Å². The molecule has 12 nitrogen and oxygen atoms in total. The summed E-state index contributed by atoms with van der Waals surface area (Å²) in [6.07, 6.45) is 2.20. The van der Waals surface area contributed by atoms with Crippen molar-refractivity contribution in [2.75, 3.05) is 13.2 Å². The summed E-state index contributed by atoms with van der Waals surface area (Å²) in [4.78, 5) is 62.6. The standard InChI is InChI=1S/C42H52F3N3O9S/c1-24-8-6-7-9-27-21-41(27,38(52)47-58(53,54)40(5)14-15-40)22-33(49)32-19-28(56-36-30-11-10-26-13-17-55-35(26)29(30)12-16-46-36)23-48(32)37(51)31(25(2)18-24)20-34(50)57-39(3,4)42(43,44)45/h7,9-12,16,24-25,27-28,31-32H,6,8,13-15,17-23H2,1-5H3,(H,47,52)/b9-7-/t24-,25-,27-,28-,31+,32+,41-/m1/s1. The highest BCUT2D eigenvalue weighted by molar-refractivity contribution is 7.91. The Morgan fingerprint density at radius 3 is 2.53 bits per heavy atom. The lowest BCUT2D eigenvalue weighted by Crippen LogP contribution is -2.48. The number of rotatable bonds is 8. The van der Waals surface area contributed by atoms with Gasteiger partial charge in [0.2, 0.25) is 33.3 Å². The first kappa shape index (κ1) is 41.9. The second kappa shape index (κ2) is 15.1. The van der Waals surface area contributed by atoms with Crippen molar-refractivity contribution in [3.8, 4) is 11.6 Å². The fourth-order valence-corrected chi connectivity index (χ4v) is 10.1. The van der Waals surface area contributed by atoms with Crippen LogP contribution in [0.1, 0.15) is 98.0 Å². The number of fused-ring (bicyclic) bond motifs is 5. The monoisotopic (exact) mass is 831 g/mol. The number of ketones is 1. The fraction of sp³-hybridized carbons (Fsp3) is 0.643. The number of benzene rings is 1. The van der Waals surface area contributed by atoms with Crippen molar-refractivity contribution < 1.29 is 55.0 Å². The molecule has 3 aliphatic heterocycles. The number of esters is 1. The number of pyridine rings is 1. The minimum atomic E-state index is -4.86. The molecule has 2 amide bonds. The SMILES string of the molecule is C[C@@H]1CC/C=C\[C@@H]2C[C@@]2(C(=O)NS(=O)(=O)C2(C)CC2)CC(=O)[C@@H]2C[C@@H](Oc3nccc4c5c(ccc34)CCO5)CN2C(=O)[C@@H](CC(=O)OC(C)(C)C(F)(F)F)[C@H](C)C1. The number of nitrogens with one attached hydrogen (secondary N) is 1. The number of amides is 2. The van der Waals surface area contributed by atoms with E-state index in [9.17, 15) is 40.8 Å². The average Bonchev–Trinajstić information content (AvgIpc) is 3.91. The molecular weight excluding hydrogens is 780 g/mol. The van der Waals surface area contributed by atoms with Gasteiger partial charge in [-0.15, -0.1) is 0 Å². The van der Waals surface area contributed by atoms with Crippen LogP contribution in [0.5, 0.6) is 11.6 Å². The van der Waals surface area contributed by atoms with Crippen LogP contribution in [0.4, 0.5) is 13.2 Å². The molecule has 4 heterocycles. The second-order valence-corrected chi connectivity index (χ2v) is 20.2. The van der Waals surface area contributed by atoms with Gasteiger partial charge in [0.05, 0.1) is 41.7 Å². The molecule has 1 aromatic heterocycles. The molecule has 0 radical (unpaired) electrons. The number of nitrogens with zero attached hydrogens (tertiary/aromatic N) is 2. The van der Waals surface area contributed by atoms with Crippen molar-refractivity contribution in [1.29, 1.82) is 0 Å². The molecule has 1 N–H and O–H groups in total. The van der Waals surface area contributed by atoms with Crippen LogP contribution in [-0.4, -0.2) is 83.7 Å². The van der Waals surface area contributed by atoms with E-state index in [4.69, 9.17) is 14.2 Å². The number of ether oxygens (including phenoxy) is 3. The maximum Gasteiger partial charge on any atom is 0.427 e. The molecule has 0 unspecified atom stereocenters. The fourth-order valence-electron chi connectivity index (χ4n) is 8.78. The predicted molar refractivity (Wildman–Crippen MR) is 206 cm³/mol. The van der Waals surface area contributed by atoms with Gasteiger partial charge in [0.1, 0.15) is 11.9 Å². The lowest BCUT2D eigenvalue weighted by molar-refractivity contribution is -0.257. The number of halogens is 3. The highest BCUT2D eigenvalue weighted by atomic mass is 32.2. The zero-order valence-corrected chi connectivity index (χ0v) is 34.3. The summed E-state index contributed by atoms with van der Waals surface area (Å²) in [5.41, 5.74) is -3.13. The first-order valence-electron chi connectivity index (χ1n) is 20.2. The molecule has 7 rings (SSSR count). The van der Waals surface area contributed by atoms with E-state index >= 15 is 0 Å². The highest BCUT2D eigenvalue weighted by Gasteiger charge is 2.63. The third kappa shape index (κ3) is 8.05. The predicted octanol–water partition coefficient (Wildman–Crippen LogP) is 6.38. The molecule has 0 bridgehead atoms. The normalized spacial score (nSPS) is 30.5. The van der Waals surface area contributed by atoms with E-state index in [1.807, 2.05) is 37.3 Å². The molecule has 7 atom stereocenters. The summed E-state index contributed by atoms with van der Waals surface area (Å²) in [5, 5.41) is 1.45. The highest BCUT2D eigenvalue weighted by Crippen LogP contribution is 2.58. The van der Waals surface area contributed by atoms with Crippen LogP contribution in [0.2, 0.25) is 0 Å². The Bertz CT molecular complexity index is 2140. The van der Waals surface area contributed by atoms with E-state index in [0.29, 0.717) is 44.1 Å². The maximum absolute atomic E-state index is 14.9. The smallest absolute Gasteiger partial charge is 0.427 e. The number of alkyl halides is 3. The molecule has 16 heteroatoms. The Kier molecular flexibility index (Phi) is 10.9. The Morgan fingerprint density at radius 2 is 1.83 bits per heavy atom. The van der Waals surface area contributed by atoms with Gasteiger partial charge in [0.25, 0.3) is 0 Å². The van der Waals surface area contributed by atoms with Gasteiger partial charge in [-0.2, -0.15) is 13.2 Å². The van der Waals surface area contributed by atoms with Crippen LogP contribution in [0.25, 0.3) is 10.8 Å². The number of allylic oxidation sites excluding steroid dienone is 2. The Morgan fingerprint density at radius 1 is 1.09 bits per heavy atom. The van der Waals surface area contributed by atoms with Crippen molar-refractivity contribution in [2.45, 2.75) is 127 Å². The van der Waals surface area contributed by atoms with Crippen molar-refractivity contribution in [1.82, 2.24) is 14.6 Å². The van der Waals surface area contributed by atoms with Crippen LogP contribution in [0.15, 0.2) is 36.5 Å². The van der Waals surface area contributed by atoms with Gasteiger partial charge in [-0.05, 0) is 94.7 Å². The molecule has 58 heavy (non-hydrogen) atoms. The number of carbonyl (C=O) groups excluding carboxylic acids is 4. The van der Waals surface area contributed by atoms with Crippen molar-refractivity contribution in [3.05, 3.63) is 42.1 Å². The summed E-state index contributed by atoms with van der Waals surface area (Å²) >= 11 is 0. The largest absolute Gasteiger partial charge is 0.492 e. The van der Waals surface area contributed by atoms with Gasteiger partial charge < -0.3 is 19.1 Å². The summed E-state index contributed by atoms with van der Waals surface area (Å²) in [6, 6.07) is 4.47. The van der Waals surface area contributed by atoms with Crippen molar-refractivity contribution in [2.24, 2.45) is 29.1 Å². The summed E-state index contributed by atoms with van der Waals surface area (Å²) in [6.45, 7) is 7.23. The van der Waals surface area contributed by atoms with Gasteiger partial charge in [-0.25, -0.2) is 13.4 Å². The molecule has 316 valence electrons. The minimum Gasteiger partial charge on any atom is -0.492 e. The third-order valence-electron chi connectivity index (χ3n) is 13.1. The lowest BCUT2D eigenvalue weighted by atomic mass is 9.82. The molecule has 1 aromatic carbocycles. The van der Waals surface area contributed by atoms with Crippen molar-refractivity contribution in [3.63, 3.8) is 0 Å². The average molecular weight is 832 g/mol. The Labute approximate surface area is 336 Å². The van der Waals surface area contributed by atoms with Gasteiger partial charge in [0.15, 0.2) is 5.78 Å². The van der Waals surface area contributed by atoms with E-state index in [1.54, 1.807) is 20.0 Å². The van der Waals surface area contributed by atoms with Gasteiger partial charge >= 0.3 is 12.1 Å². The van der Waals surface area contributed by atoms with E-state index in [1.165, 1.54) is 4.90 Å². The van der Waals surface area contributed by atoms with Crippen LogP contribution in [-0.2, 0) is 40.4 Å². The molecule has 0 spiro atoms. The second-order valence-electron chi connectivity index (χ2n) is 18.0. The van der Waals surface area contributed by atoms with Crippen molar-refractivity contribution >= 4 is 44.4 Å². The van der Waals surface area contributed by atoms with Crippen LogP contribution < -0.4 is 14.2 Å². The summed E-state index contributed by atoms with van der Waals surface area (Å²) in [7, 11) is -4.03. The summed E-state index contributed by atoms with van der Waals surface area (Å²) in [5.74, 6) is -4.15. The summed E-state index contributed by atoms with van der Waals surface area (Å²) < 4.78 is 86.3. The first-order valence-corrected chi connectivity index (χ1v) is 21.7. The minimum absolute atomic E-state index is 0.0122. The van der Waals surface area contributed by atoms with E-state index < -0.39 is 91.8 Å². The Balaban J connectivity index is 1.22. The van der Waals surface area contributed by atoms with Gasteiger partial charge in [-0.3, -0.25) is 23.9 Å². The van der Waals surface area contributed by atoms with E-state index in [0.717, 1.165) is 37.0 Å². The number of aromatic nitrogens is 1. The van der Waals surface area contributed by atoms with Crippen LogP contribution >= 0.6 is 0 Å². The van der Waals surface area contributed by atoms with Gasteiger partial charge in [-0.1, -0.05) is 32.1 Å². The number of sulfonamides is 1. The van der Waals surface area contributed by atoms with E-state index in [-0.39, 0.29) is 37.6 Å². The first-order chi connectivity index (χ1) is 27.1. The molecular formula is C42H52F3N3O9S. The zero-order valence-electron chi connectivity index (χ0n) is 33.5. The zero-order chi connectivity index (χ0) is 42.0. The molecule has 1 saturated heterocycles. The number of hydrogen-bond acceptors (Lipinski definition) is 10. The number of hydrogen-bond donors (Lipinski definition) is 1. The van der Waals surface area contributed by atoms with Crippen LogP contribution in [0, 0.1) is 29.1 Å². The van der Waals surface area contributed by atoms with Gasteiger partial charge in [0, 0.05) is 36.2 Å². The molecule has 2 saturated carbocycles. The molecule has 3 fully saturated rings.